The quantitative estimate of drug-likeness (QED) is 0.731. The monoisotopic (exact) mass is 430 g/mol. The summed E-state index contributed by atoms with van der Waals surface area (Å²) in [5.74, 6) is -1.88. The van der Waals surface area contributed by atoms with Crippen LogP contribution in [0.2, 0.25) is 0 Å². The minimum absolute atomic E-state index is 0.0549. The highest BCUT2D eigenvalue weighted by Crippen LogP contribution is 2.46. The van der Waals surface area contributed by atoms with E-state index < -0.39 is 35.2 Å². The molecule has 2 saturated carbocycles. The number of rotatable bonds is 6. The molecule has 0 saturated heterocycles. The van der Waals surface area contributed by atoms with Gasteiger partial charge in [0.25, 0.3) is 0 Å². The topological polar surface area (TPSA) is 76.7 Å². The third-order valence-electron chi connectivity index (χ3n) is 6.12. The highest BCUT2D eigenvalue weighted by molar-refractivity contribution is 5.91. The van der Waals surface area contributed by atoms with Gasteiger partial charge in [0.05, 0.1) is 25.8 Å². The maximum Gasteiger partial charge on any atom is 0.316 e. The number of benzene rings is 2. The van der Waals surface area contributed by atoms with Crippen molar-refractivity contribution in [3.8, 4) is 11.5 Å². The fraction of sp³-hybridized carbons (Fsp3) is 0.391. The number of carbonyl (C=O) groups excluding carboxylic acids is 2. The molecule has 31 heavy (non-hydrogen) atoms. The molecule has 2 fully saturated rings. The smallest absolute Gasteiger partial charge is 0.316 e. The number of ether oxygens (including phenoxy) is 2. The number of nitrogens with one attached hydrogen (secondary N) is 2. The molecule has 0 spiro atoms. The van der Waals surface area contributed by atoms with Crippen molar-refractivity contribution in [2.75, 3.05) is 14.2 Å². The number of ketones is 1. The zero-order chi connectivity index (χ0) is 22.2. The van der Waals surface area contributed by atoms with Gasteiger partial charge in [-0.2, -0.15) is 0 Å². The fourth-order valence-electron chi connectivity index (χ4n) is 4.30. The summed E-state index contributed by atoms with van der Waals surface area (Å²) in [4.78, 5) is 25.2. The van der Waals surface area contributed by atoms with Crippen molar-refractivity contribution < 1.29 is 27.8 Å². The van der Waals surface area contributed by atoms with E-state index in [4.69, 9.17) is 9.47 Å². The molecule has 0 aromatic heterocycles. The highest BCUT2D eigenvalue weighted by atomic mass is 19.1. The number of halogens is 2. The summed E-state index contributed by atoms with van der Waals surface area (Å²) < 4.78 is 39.3. The summed E-state index contributed by atoms with van der Waals surface area (Å²) >= 11 is 0. The lowest BCUT2D eigenvalue weighted by Gasteiger charge is -2.24. The van der Waals surface area contributed by atoms with Gasteiger partial charge in [-0.1, -0.05) is 12.1 Å². The van der Waals surface area contributed by atoms with E-state index in [2.05, 4.69) is 10.6 Å². The first-order valence-corrected chi connectivity index (χ1v) is 10.2. The van der Waals surface area contributed by atoms with Crippen LogP contribution in [0, 0.1) is 11.6 Å². The van der Waals surface area contributed by atoms with Crippen molar-refractivity contribution >= 4 is 11.8 Å². The maximum atomic E-state index is 14.6. The molecule has 0 radical (unpaired) electrons. The average molecular weight is 430 g/mol. The van der Waals surface area contributed by atoms with Gasteiger partial charge in [-0.3, -0.25) is 4.79 Å². The van der Waals surface area contributed by atoms with Crippen LogP contribution >= 0.6 is 0 Å². The van der Waals surface area contributed by atoms with Crippen LogP contribution in [0.1, 0.15) is 42.7 Å². The van der Waals surface area contributed by atoms with E-state index in [1.165, 1.54) is 7.11 Å². The highest BCUT2D eigenvalue weighted by Gasteiger charge is 2.47. The summed E-state index contributed by atoms with van der Waals surface area (Å²) in [5, 5.41) is 5.60. The number of amides is 2. The zero-order valence-corrected chi connectivity index (χ0v) is 17.3. The lowest BCUT2D eigenvalue weighted by molar-refractivity contribution is -0.119. The van der Waals surface area contributed by atoms with Crippen LogP contribution in [0.5, 0.6) is 11.5 Å². The molecule has 4 rings (SSSR count). The molecule has 0 unspecified atom stereocenters. The first-order chi connectivity index (χ1) is 14.9. The third kappa shape index (κ3) is 4.06. The van der Waals surface area contributed by atoms with Crippen molar-refractivity contribution in [1.82, 2.24) is 10.6 Å². The number of hydrogen-bond acceptors (Lipinski definition) is 4. The van der Waals surface area contributed by atoms with Crippen molar-refractivity contribution in [1.29, 1.82) is 0 Å². The number of carbonyl (C=O) groups is 2. The minimum Gasteiger partial charge on any atom is -0.497 e. The number of hydrogen-bond donors (Lipinski definition) is 2. The Morgan fingerprint density at radius 3 is 2.35 bits per heavy atom. The van der Waals surface area contributed by atoms with Gasteiger partial charge in [-0.15, -0.1) is 0 Å². The van der Waals surface area contributed by atoms with Crippen LogP contribution in [-0.2, 0) is 10.3 Å². The summed E-state index contributed by atoms with van der Waals surface area (Å²) in [6.07, 6.45) is 1.89. The molecule has 0 heterocycles. The molecule has 0 bridgehead atoms. The molecular weight excluding hydrogens is 406 g/mol. The first kappa shape index (κ1) is 21.1. The maximum absolute atomic E-state index is 14.6. The van der Waals surface area contributed by atoms with E-state index in [-0.39, 0.29) is 29.9 Å². The van der Waals surface area contributed by atoms with Gasteiger partial charge in [-0.05, 0) is 37.0 Å². The van der Waals surface area contributed by atoms with E-state index in [1.807, 2.05) is 24.3 Å². The van der Waals surface area contributed by atoms with Gasteiger partial charge in [0.1, 0.15) is 23.1 Å². The Morgan fingerprint density at radius 2 is 1.74 bits per heavy atom. The second-order valence-electron chi connectivity index (χ2n) is 8.01. The van der Waals surface area contributed by atoms with Crippen molar-refractivity contribution in [3.63, 3.8) is 0 Å². The Morgan fingerprint density at radius 1 is 1.06 bits per heavy atom. The summed E-state index contributed by atoms with van der Waals surface area (Å²) in [6.45, 7) is 0. The number of Topliss-reactive ketones (excluding diaryl/α,β-unsaturated/α-hetero) is 1. The predicted octanol–water partition coefficient (Wildman–Crippen LogP) is 3.79. The fourth-order valence-corrected chi connectivity index (χ4v) is 4.30. The predicted molar refractivity (Wildman–Crippen MR) is 109 cm³/mol. The molecule has 2 atom stereocenters. The van der Waals surface area contributed by atoms with E-state index in [9.17, 15) is 18.4 Å². The van der Waals surface area contributed by atoms with Gasteiger partial charge in [0.15, 0.2) is 5.78 Å². The van der Waals surface area contributed by atoms with E-state index >= 15 is 0 Å². The van der Waals surface area contributed by atoms with E-state index in [0.717, 1.165) is 30.5 Å². The Labute approximate surface area is 178 Å². The van der Waals surface area contributed by atoms with Crippen LogP contribution in [0.3, 0.4) is 0 Å². The van der Waals surface area contributed by atoms with Crippen LogP contribution in [0.4, 0.5) is 13.6 Å². The lowest BCUT2D eigenvalue weighted by atomic mass is 9.92. The molecule has 2 aliphatic rings. The van der Waals surface area contributed by atoms with Gasteiger partial charge in [0, 0.05) is 30.0 Å². The van der Waals surface area contributed by atoms with Gasteiger partial charge >= 0.3 is 6.03 Å². The molecule has 164 valence electrons. The van der Waals surface area contributed by atoms with E-state index in [0.29, 0.717) is 5.75 Å². The number of urea groups is 1. The van der Waals surface area contributed by atoms with Crippen LogP contribution in [-0.4, -0.2) is 32.1 Å². The third-order valence-corrected chi connectivity index (χ3v) is 6.12. The Hall–Kier alpha value is -3.16. The molecule has 2 N–H and O–H groups in total. The number of methoxy groups -OCH3 is 2. The standard InChI is InChI=1S/C23H24F2N2O4/c1-30-14-5-3-4-13(10-14)23(8-9-23)27-22(29)26-21-16(6-7-19(21)28)20-17(24)11-15(31-2)12-18(20)25/h3-5,10-12,16,21H,6-9H2,1-2H3,(H2,26,27,29)/t16-,21-/m0/s1. The van der Waals surface area contributed by atoms with Crippen molar-refractivity contribution in [3.05, 3.63) is 59.2 Å². The second kappa shape index (κ2) is 8.17. The van der Waals surface area contributed by atoms with Gasteiger partial charge in [0.2, 0.25) is 0 Å². The lowest BCUT2D eigenvalue weighted by Crippen LogP contribution is -2.49. The van der Waals surface area contributed by atoms with E-state index in [1.54, 1.807) is 7.11 Å². The summed E-state index contributed by atoms with van der Waals surface area (Å²) in [6, 6.07) is 8.05. The molecular formula is C23H24F2N2O4. The Balaban J connectivity index is 1.51. The zero-order valence-electron chi connectivity index (χ0n) is 17.3. The normalized spacial score (nSPS) is 21.5. The first-order valence-electron chi connectivity index (χ1n) is 10.2. The van der Waals surface area contributed by atoms with Crippen LogP contribution < -0.4 is 20.1 Å². The van der Waals surface area contributed by atoms with Gasteiger partial charge < -0.3 is 20.1 Å². The summed E-state index contributed by atoms with van der Waals surface area (Å²) in [7, 11) is 2.89. The van der Waals surface area contributed by atoms with Gasteiger partial charge in [-0.25, -0.2) is 13.6 Å². The molecule has 8 heteroatoms. The molecule has 2 amide bonds. The van der Waals surface area contributed by atoms with Crippen molar-refractivity contribution in [2.24, 2.45) is 0 Å². The molecule has 2 aromatic rings. The largest absolute Gasteiger partial charge is 0.497 e. The molecule has 6 nitrogen and oxygen atoms in total. The average Bonchev–Trinajstić information content (AvgIpc) is 3.46. The Bertz CT molecular complexity index is 999. The molecule has 0 aliphatic heterocycles. The minimum atomic E-state index is -1.00. The Kier molecular flexibility index (Phi) is 5.56. The molecule has 2 aliphatic carbocycles. The summed E-state index contributed by atoms with van der Waals surface area (Å²) in [5.41, 5.74) is 0.168. The SMILES string of the molecule is COc1cccc(C2(NC(=O)N[C@@H]3C(=O)CC[C@H]3c3c(F)cc(OC)cc3F)CC2)c1. The van der Waals surface area contributed by atoms with Crippen LogP contribution in [0.25, 0.3) is 0 Å². The second-order valence-corrected chi connectivity index (χ2v) is 8.01. The molecule has 2 aromatic carbocycles. The van der Waals surface area contributed by atoms with Crippen molar-refractivity contribution in [2.45, 2.75) is 43.2 Å². The van der Waals surface area contributed by atoms with Crippen LogP contribution in [0.15, 0.2) is 36.4 Å².